The number of halogens is 2. The summed E-state index contributed by atoms with van der Waals surface area (Å²) < 4.78 is 40.9. The molecule has 0 aromatic heterocycles. The van der Waals surface area contributed by atoms with E-state index in [2.05, 4.69) is 6.92 Å². The molecule has 2 aromatic carbocycles. The lowest BCUT2D eigenvalue weighted by atomic mass is 10.00. The third-order valence-electron chi connectivity index (χ3n) is 5.37. The molecule has 2 heterocycles. The number of nitrogens with zero attached hydrogens (tertiary/aromatic N) is 3. The van der Waals surface area contributed by atoms with Crippen molar-refractivity contribution in [3.05, 3.63) is 64.9 Å². The summed E-state index contributed by atoms with van der Waals surface area (Å²) >= 11 is 7.49. The van der Waals surface area contributed by atoms with Gasteiger partial charge in [-0.05, 0) is 30.4 Å². The molecule has 4 rings (SSSR count). The van der Waals surface area contributed by atoms with Gasteiger partial charge in [-0.2, -0.15) is 4.31 Å². The van der Waals surface area contributed by atoms with Crippen LogP contribution >= 0.6 is 23.4 Å². The summed E-state index contributed by atoms with van der Waals surface area (Å²) in [5.41, 5.74) is 1.28. The number of hydrogen-bond donors (Lipinski definition) is 0. The Bertz CT molecular complexity index is 1130. The van der Waals surface area contributed by atoms with Crippen LogP contribution in [0.25, 0.3) is 0 Å². The van der Waals surface area contributed by atoms with Crippen LogP contribution in [-0.4, -0.2) is 48.0 Å². The minimum atomic E-state index is -3.76. The van der Waals surface area contributed by atoms with E-state index < -0.39 is 21.5 Å². The van der Waals surface area contributed by atoms with Crippen molar-refractivity contribution in [2.45, 2.75) is 36.7 Å². The highest BCUT2D eigenvalue weighted by molar-refractivity contribution is 8.15. The highest BCUT2D eigenvalue weighted by atomic mass is 35.5. The highest BCUT2D eigenvalue weighted by Gasteiger charge is 2.42. The van der Waals surface area contributed by atoms with Gasteiger partial charge in [0.2, 0.25) is 10.0 Å². The number of sulfonamides is 1. The molecule has 1 fully saturated rings. The molecular formula is C22H23ClFN3O2S2. The second-order valence-corrected chi connectivity index (χ2v) is 11.0. The Morgan fingerprint density at radius 3 is 2.48 bits per heavy atom. The van der Waals surface area contributed by atoms with Crippen LogP contribution in [0.3, 0.4) is 0 Å². The molecule has 0 bridgehead atoms. The van der Waals surface area contributed by atoms with Crippen LogP contribution in [0.5, 0.6) is 0 Å². The largest absolute Gasteiger partial charge is 0.252 e. The lowest BCUT2D eigenvalue weighted by molar-refractivity contribution is 0.249. The van der Waals surface area contributed by atoms with Gasteiger partial charge in [-0.25, -0.2) is 17.8 Å². The Labute approximate surface area is 191 Å². The fourth-order valence-corrected chi connectivity index (χ4v) is 6.35. The number of thioether (sulfide) groups is 1. The van der Waals surface area contributed by atoms with Crippen molar-refractivity contribution in [2.75, 3.05) is 18.8 Å². The van der Waals surface area contributed by atoms with Gasteiger partial charge in [0.1, 0.15) is 10.9 Å². The van der Waals surface area contributed by atoms with Crippen molar-refractivity contribution in [3.8, 4) is 0 Å². The first-order valence-corrected chi connectivity index (χ1v) is 13.0. The Morgan fingerprint density at radius 2 is 1.84 bits per heavy atom. The summed E-state index contributed by atoms with van der Waals surface area (Å²) in [4.78, 5) is 9.97. The minimum Gasteiger partial charge on any atom is -0.252 e. The number of piperidine rings is 1. The van der Waals surface area contributed by atoms with Crippen LogP contribution < -0.4 is 0 Å². The average molecular weight is 480 g/mol. The minimum absolute atomic E-state index is 0.00237. The van der Waals surface area contributed by atoms with E-state index in [-0.39, 0.29) is 23.0 Å². The van der Waals surface area contributed by atoms with E-state index in [0.717, 1.165) is 40.6 Å². The topological polar surface area (TPSA) is 62.1 Å². The van der Waals surface area contributed by atoms with Crippen molar-refractivity contribution in [1.82, 2.24) is 4.31 Å². The van der Waals surface area contributed by atoms with E-state index >= 15 is 0 Å². The van der Waals surface area contributed by atoms with E-state index in [1.807, 2.05) is 30.3 Å². The van der Waals surface area contributed by atoms with Gasteiger partial charge in [-0.15, -0.1) is 11.8 Å². The van der Waals surface area contributed by atoms with E-state index in [1.54, 1.807) is 11.8 Å². The fourth-order valence-electron chi connectivity index (χ4n) is 3.70. The smallest absolute Gasteiger partial charge is 0.243 e. The number of aliphatic imine (C=N–C) groups is 2. The quantitative estimate of drug-likeness (QED) is 0.606. The maximum absolute atomic E-state index is 13.5. The van der Waals surface area contributed by atoms with E-state index in [1.165, 1.54) is 10.4 Å². The van der Waals surface area contributed by atoms with Gasteiger partial charge in [0.15, 0.2) is 5.66 Å². The zero-order valence-electron chi connectivity index (χ0n) is 17.1. The molecule has 2 aliphatic heterocycles. The maximum Gasteiger partial charge on any atom is 0.243 e. The van der Waals surface area contributed by atoms with Crippen molar-refractivity contribution in [1.29, 1.82) is 0 Å². The third kappa shape index (κ3) is 4.58. The molecule has 0 amide bonds. The van der Waals surface area contributed by atoms with Crippen molar-refractivity contribution in [3.63, 3.8) is 0 Å². The van der Waals surface area contributed by atoms with Crippen molar-refractivity contribution in [2.24, 2.45) is 9.98 Å². The molecule has 9 heteroatoms. The normalized spacial score (nSPS) is 18.8. The molecule has 31 heavy (non-hydrogen) atoms. The molecule has 0 saturated carbocycles. The van der Waals surface area contributed by atoms with Gasteiger partial charge in [-0.3, -0.25) is 4.99 Å². The Morgan fingerprint density at radius 1 is 1.13 bits per heavy atom. The van der Waals surface area contributed by atoms with Crippen LogP contribution in [0.2, 0.25) is 5.02 Å². The van der Waals surface area contributed by atoms with E-state index in [0.29, 0.717) is 12.8 Å². The summed E-state index contributed by atoms with van der Waals surface area (Å²) in [7, 11) is -3.76. The zero-order valence-corrected chi connectivity index (χ0v) is 19.5. The van der Waals surface area contributed by atoms with E-state index in [9.17, 15) is 12.8 Å². The number of hydrogen-bond acceptors (Lipinski definition) is 5. The molecule has 5 nitrogen and oxygen atoms in total. The van der Waals surface area contributed by atoms with Gasteiger partial charge < -0.3 is 0 Å². The first kappa shape index (κ1) is 22.5. The van der Waals surface area contributed by atoms with Gasteiger partial charge in [0.25, 0.3) is 0 Å². The molecule has 164 valence electrons. The molecule has 0 aliphatic carbocycles. The van der Waals surface area contributed by atoms with E-state index in [4.69, 9.17) is 21.6 Å². The predicted molar refractivity (Wildman–Crippen MR) is 125 cm³/mol. The molecule has 0 atom stereocenters. The van der Waals surface area contributed by atoms with Gasteiger partial charge >= 0.3 is 0 Å². The van der Waals surface area contributed by atoms with Gasteiger partial charge in [-0.1, -0.05) is 48.9 Å². The predicted octanol–water partition coefficient (Wildman–Crippen LogP) is 5.00. The Balaban J connectivity index is 1.57. The van der Waals surface area contributed by atoms with Crippen LogP contribution in [0, 0.1) is 5.82 Å². The van der Waals surface area contributed by atoms with Crippen LogP contribution in [0.1, 0.15) is 31.7 Å². The molecule has 0 radical (unpaired) electrons. The molecule has 0 N–H and O–H groups in total. The Kier molecular flexibility index (Phi) is 6.53. The summed E-state index contributed by atoms with van der Waals surface area (Å²) in [6.07, 6.45) is 2.02. The van der Waals surface area contributed by atoms with Crippen LogP contribution in [0.4, 0.5) is 4.39 Å². The fraction of sp³-hybridized carbons (Fsp3) is 0.364. The molecular weight excluding hydrogens is 457 g/mol. The monoisotopic (exact) mass is 479 g/mol. The summed E-state index contributed by atoms with van der Waals surface area (Å²) in [6, 6.07) is 13.5. The number of rotatable bonds is 5. The second kappa shape index (κ2) is 9.02. The molecule has 1 saturated heterocycles. The Hall–Kier alpha value is -1.74. The number of benzene rings is 2. The molecule has 1 spiro atoms. The molecule has 2 aliphatic rings. The standard InChI is InChI=1S/C22H23ClFN3O2S2/c1-2-14-30-21-20(16-6-4-3-5-7-16)25-22(26-21)10-12-27(13-11-22)31(28,29)17-8-9-19(24)18(23)15-17/h3-9,15H,2,10-14H2,1H3. The zero-order chi connectivity index (χ0) is 22.1. The summed E-state index contributed by atoms with van der Waals surface area (Å²) in [5, 5.41) is 0.722. The average Bonchev–Trinajstić information content (AvgIpc) is 3.13. The van der Waals surface area contributed by atoms with Crippen molar-refractivity contribution < 1.29 is 12.8 Å². The molecule has 2 aromatic rings. The molecule has 0 unspecified atom stereocenters. The first-order chi connectivity index (χ1) is 14.8. The van der Waals surface area contributed by atoms with Crippen LogP contribution in [0.15, 0.2) is 63.4 Å². The maximum atomic E-state index is 13.5. The van der Waals surface area contributed by atoms with Gasteiger partial charge in [0.05, 0.1) is 15.6 Å². The summed E-state index contributed by atoms with van der Waals surface area (Å²) in [6.45, 7) is 2.71. The van der Waals surface area contributed by atoms with Crippen molar-refractivity contribution >= 4 is 44.1 Å². The summed E-state index contributed by atoms with van der Waals surface area (Å²) in [5.74, 6) is 0.311. The van der Waals surface area contributed by atoms with Crippen LogP contribution in [-0.2, 0) is 10.0 Å². The lowest BCUT2D eigenvalue weighted by Crippen LogP contribution is -2.44. The first-order valence-electron chi connectivity index (χ1n) is 10.2. The SMILES string of the molecule is CCCSC1=NC2(CCN(S(=O)(=O)c3ccc(F)c(Cl)c3)CC2)N=C1c1ccccc1. The van der Waals surface area contributed by atoms with Gasteiger partial charge in [0, 0.05) is 31.5 Å². The third-order valence-corrected chi connectivity index (χ3v) is 8.73. The highest BCUT2D eigenvalue weighted by Crippen LogP contribution is 2.37. The lowest BCUT2D eigenvalue weighted by Gasteiger charge is -2.34. The second-order valence-electron chi connectivity index (χ2n) is 7.55.